The molecular formula is C23H30N4O4. The van der Waals surface area contributed by atoms with Gasteiger partial charge in [0.2, 0.25) is 0 Å². The Morgan fingerprint density at radius 1 is 1.13 bits per heavy atom. The molecule has 0 saturated heterocycles. The van der Waals surface area contributed by atoms with E-state index in [1.807, 2.05) is 49.4 Å². The van der Waals surface area contributed by atoms with E-state index in [0.717, 1.165) is 35.7 Å². The number of rotatable bonds is 7. The minimum absolute atomic E-state index is 0.00797. The lowest BCUT2D eigenvalue weighted by Crippen LogP contribution is -2.30. The van der Waals surface area contributed by atoms with Gasteiger partial charge < -0.3 is 29.7 Å². The maximum Gasteiger partial charge on any atom is 0.259 e. The summed E-state index contributed by atoms with van der Waals surface area (Å²) in [4.78, 5) is 17.9. The van der Waals surface area contributed by atoms with Gasteiger partial charge in [-0.05, 0) is 36.8 Å². The van der Waals surface area contributed by atoms with Crippen molar-refractivity contribution < 1.29 is 19.0 Å². The van der Waals surface area contributed by atoms with Gasteiger partial charge in [0.25, 0.3) is 5.91 Å². The number of ether oxygens (including phenoxy) is 3. The maximum atomic E-state index is 11.7. The highest BCUT2D eigenvalue weighted by atomic mass is 16.5. The minimum Gasteiger partial charge on any atom is -0.490 e. The van der Waals surface area contributed by atoms with Gasteiger partial charge in [-0.3, -0.25) is 4.79 Å². The normalized spacial score (nSPS) is 13.2. The lowest BCUT2D eigenvalue weighted by molar-refractivity contribution is -0.130. The lowest BCUT2D eigenvalue weighted by atomic mass is 10.2. The van der Waals surface area contributed by atoms with Crippen LogP contribution in [0.4, 0.5) is 5.69 Å². The van der Waals surface area contributed by atoms with Crippen molar-refractivity contribution in [2.45, 2.75) is 19.9 Å². The van der Waals surface area contributed by atoms with Gasteiger partial charge in [-0.2, -0.15) is 0 Å². The number of guanidine groups is 1. The van der Waals surface area contributed by atoms with E-state index in [-0.39, 0.29) is 12.5 Å². The Morgan fingerprint density at radius 2 is 1.94 bits per heavy atom. The fourth-order valence-electron chi connectivity index (χ4n) is 2.86. The first kappa shape index (κ1) is 22.3. The van der Waals surface area contributed by atoms with Crippen LogP contribution >= 0.6 is 0 Å². The van der Waals surface area contributed by atoms with E-state index in [4.69, 9.17) is 14.2 Å². The number of nitrogens with zero attached hydrogens (tertiary/aromatic N) is 2. The van der Waals surface area contributed by atoms with Crippen LogP contribution in [0.3, 0.4) is 0 Å². The Morgan fingerprint density at radius 3 is 2.71 bits per heavy atom. The van der Waals surface area contributed by atoms with E-state index in [0.29, 0.717) is 31.5 Å². The fourth-order valence-corrected chi connectivity index (χ4v) is 2.86. The SMILES string of the molecule is CCNC(=NCc1cccc(OCC(=O)N(C)C)c1)Nc1ccc2c(c1)OCCCO2. The molecule has 0 fully saturated rings. The Bertz CT molecular complexity index is 914. The van der Waals surface area contributed by atoms with Crippen LogP contribution in [0, 0.1) is 0 Å². The molecule has 2 N–H and O–H groups in total. The van der Waals surface area contributed by atoms with Crippen molar-refractivity contribution in [2.24, 2.45) is 4.99 Å². The largest absolute Gasteiger partial charge is 0.490 e. The molecule has 3 rings (SSSR count). The Hall–Kier alpha value is -3.42. The summed E-state index contributed by atoms with van der Waals surface area (Å²) < 4.78 is 17.0. The molecule has 0 atom stereocenters. The molecule has 31 heavy (non-hydrogen) atoms. The molecule has 0 bridgehead atoms. The second kappa shape index (κ2) is 11.1. The number of amides is 1. The number of carbonyl (C=O) groups excluding carboxylic acids is 1. The van der Waals surface area contributed by atoms with Gasteiger partial charge in [-0.25, -0.2) is 4.99 Å². The monoisotopic (exact) mass is 426 g/mol. The zero-order valence-corrected chi connectivity index (χ0v) is 18.3. The molecule has 1 amide bonds. The molecule has 1 aliphatic heterocycles. The molecule has 1 heterocycles. The van der Waals surface area contributed by atoms with Crippen molar-refractivity contribution in [3.63, 3.8) is 0 Å². The van der Waals surface area contributed by atoms with Gasteiger partial charge in [-0.1, -0.05) is 12.1 Å². The van der Waals surface area contributed by atoms with Crippen LogP contribution in [0.15, 0.2) is 47.5 Å². The Balaban J connectivity index is 1.65. The maximum absolute atomic E-state index is 11.7. The zero-order chi connectivity index (χ0) is 22.1. The fraction of sp³-hybridized carbons (Fsp3) is 0.391. The van der Waals surface area contributed by atoms with E-state index >= 15 is 0 Å². The van der Waals surface area contributed by atoms with E-state index < -0.39 is 0 Å². The molecule has 0 saturated carbocycles. The van der Waals surface area contributed by atoms with Gasteiger partial charge in [0, 0.05) is 38.8 Å². The highest BCUT2D eigenvalue weighted by Crippen LogP contribution is 2.32. The van der Waals surface area contributed by atoms with Crippen molar-refractivity contribution in [1.29, 1.82) is 0 Å². The first-order valence-corrected chi connectivity index (χ1v) is 10.4. The van der Waals surface area contributed by atoms with E-state index in [9.17, 15) is 4.79 Å². The van der Waals surface area contributed by atoms with Crippen molar-refractivity contribution in [1.82, 2.24) is 10.2 Å². The highest BCUT2D eigenvalue weighted by Gasteiger charge is 2.11. The number of carbonyl (C=O) groups is 1. The number of hydrogen-bond acceptors (Lipinski definition) is 5. The van der Waals surface area contributed by atoms with Gasteiger partial charge >= 0.3 is 0 Å². The topological polar surface area (TPSA) is 84.4 Å². The zero-order valence-electron chi connectivity index (χ0n) is 18.3. The summed E-state index contributed by atoms with van der Waals surface area (Å²) in [6, 6.07) is 13.4. The van der Waals surface area contributed by atoms with E-state index in [2.05, 4.69) is 15.6 Å². The van der Waals surface area contributed by atoms with Crippen LogP contribution in [-0.4, -0.2) is 57.2 Å². The quantitative estimate of drug-likeness (QED) is 0.523. The molecule has 8 heteroatoms. The summed E-state index contributed by atoms with van der Waals surface area (Å²) >= 11 is 0. The number of aliphatic imine (C=N–C) groups is 1. The number of nitrogens with one attached hydrogen (secondary N) is 2. The van der Waals surface area contributed by atoms with Crippen LogP contribution in [0.5, 0.6) is 17.2 Å². The van der Waals surface area contributed by atoms with Crippen LogP contribution in [-0.2, 0) is 11.3 Å². The number of anilines is 1. The average Bonchev–Trinajstić information content (AvgIpc) is 3.01. The van der Waals surface area contributed by atoms with Crippen LogP contribution in [0.1, 0.15) is 18.9 Å². The molecular weight excluding hydrogens is 396 g/mol. The highest BCUT2D eigenvalue weighted by molar-refractivity contribution is 5.93. The average molecular weight is 427 g/mol. The van der Waals surface area contributed by atoms with E-state index in [1.165, 1.54) is 4.90 Å². The lowest BCUT2D eigenvalue weighted by Gasteiger charge is -2.14. The second-order valence-corrected chi connectivity index (χ2v) is 7.26. The van der Waals surface area contributed by atoms with Crippen LogP contribution in [0.25, 0.3) is 0 Å². The smallest absolute Gasteiger partial charge is 0.259 e. The van der Waals surface area contributed by atoms with E-state index in [1.54, 1.807) is 14.1 Å². The number of benzene rings is 2. The number of likely N-dealkylation sites (N-methyl/N-ethyl adjacent to an activating group) is 1. The first-order valence-electron chi connectivity index (χ1n) is 10.4. The third-order valence-electron chi connectivity index (χ3n) is 4.53. The molecule has 0 aliphatic carbocycles. The summed E-state index contributed by atoms with van der Waals surface area (Å²) in [5, 5.41) is 6.56. The summed E-state index contributed by atoms with van der Waals surface area (Å²) in [6.07, 6.45) is 0.869. The first-order chi connectivity index (χ1) is 15.0. The van der Waals surface area contributed by atoms with Crippen molar-refractivity contribution in [2.75, 3.05) is 45.8 Å². The number of hydrogen-bond donors (Lipinski definition) is 2. The van der Waals surface area contributed by atoms with Crippen LogP contribution in [0.2, 0.25) is 0 Å². The number of fused-ring (bicyclic) bond motifs is 1. The molecule has 1 aliphatic rings. The van der Waals surface area contributed by atoms with Gasteiger partial charge in [0.1, 0.15) is 5.75 Å². The summed E-state index contributed by atoms with van der Waals surface area (Å²) in [5.41, 5.74) is 1.84. The molecule has 0 unspecified atom stereocenters. The van der Waals surface area contributed by atoms with Crippen molar-refractivity contribution in [3.8, 4) is 17.2 Å². The minimum atomic E-state index is -0.0859. The predicted molar refractivity (Wildman–Crippen MR) is 121 cm³/mol. The second-order valence-electron chi connectivity index (χ2n) is 7.26. The van der Waals surface area contributed by atoms with Gasteiger partial charge in [-0.15, -0.1) is 0 Å². The van der Waals surface area contributed by atoms with Gasteiger partial charge in [0.15, 0.2) is 24.1 Å². The molecule has 0 radical (unpaired) electrons. The van der Waals surface area contributed by atoms with Crippen molar-refractivity contribution >= 4 is 17.6 Å². The molecule has 8 nitrogen and oxygen atoms in total. The molecule has 166 valence electrons. The standard InChI is InChI=1S/C23H30N4O4/c1-4-24-23(26-18-9-10-20-21(14-18)30-12-6-11-29-20)25-15-17-7-5-8-19(13-17)31-16-22(28)27(2)3/h5,7-10,13-14H,4,6,11-12,15-16H2,1-3H3,(H2,24,25,26). The Kier molecular flexibility index (Phi) is 7.98. The summed E-state index contributed by atoms with van der Waals surface area (Å²) in [6.45, 7) is 4.51. The van der Waals surface area contributed by atoms with Gasteiger partial charge in [0.05, 0.1) is 19.8 Å². The third-order valence-corrected chi connectivity index (χ3v) is 4.53. The third kappa shape index (κ3) is 6.80. The Labute approximate surface area is 183 Å². The van der Waals surface area contributed by atoms with Crippen molar-refractivity contribution in [3.05, 3.63) is 48.0 Å². The predicted octanol–water partition coefficient (Wildman–Crippen LogP) is 2.89. The van der Waals surface area contributed by atoms with Crippen LogP contribution < -0.4 is 24.8 Å². The molecule has 2 aromatic rings. The molecule has 0 aromatic heterocycles. The summed E-state index contributed by atoms with van der Waals surface area (Å²) in [7, 11) is 3.41. The summed E-state index contributed by atoms with van der Waals surface area (Å²) in [5.74, 6) is 2.71. The molecule has 0 spiro atoms. The molecule has 2 aromatic carbocycles.